The number of aliphatic hydroxyl groups is 1. The topological polar surface area (TPSA) is 41.8 Å². The molecule has 17 heavy (non-hydrogen) atoms. The molecule has 3 heteroatoms. The summed E-state index contributed by atoms with van der Waals surface area (Å²) >= 11 is 0. The summed E-state index contributed by atoms with van der Waals surface area (Å²) in [5, 5.41) is 10.2. The number of aliphatic imine (C=N–C) groups is 1. The summed E-state index contributed by atoms with van der Waals surface area (Å²) in [5.41, 5.74) is 2.63. The van der Waals surface area contributed by atoms with Crippen LogP contribution in [-0.2, 0) is 4.74 Å². The lowest BCUT2D eigenvalue weighted by Gasteiger charge is -2.28. The fourth-order valence-electron chi connectivity index (χ4n) is 1.86. The molecule has 0 amide bonds. The van der Waals surface area contributed by atoms with E-state index in [2.05, 4.69) is 11.1 Å². The Morgan fingerprint density at radius 1 is 1.18 bits per heavy atom. The third-order valence-electron chi connectivity index (χ3n) is 3.42. The highest BCUT2D eigenvalue weighted by Crippen LogP contribution is 2.35. The summed E-state index contributed by atoms with van der Waals surface area (Å²) in [6, 6.07) is 6.09. The molecule has 92 valence electrons. The highest BCUT2D eigenvalue weighted by Gasteiger charge is 2.48. The fraction of sp³-hybridized carbons (Fsp3) is 0.500. The molecule has 1 atom stereocenters. The van der Waals surface area contributed by atoms with Crippen molar-refractivity contribution in [3.63, 3.8) is 0 Å². The zero-order valence-corrected chi connectivity index (χ0v) is 11.0. The van der Waals surface area contributed by atoms with Gasteiger partial charge in [-0.05, 0) is 39.3 Å². The van der Waals surface area contributed by atoms with Crippen molar-refractivity contribution in [2.45, 2.75) is 45.9 Å². The van der Waals surface area contributed by atoms with E-state index in [-0.39, 0.29) is 0 Å². The Morgan fingerprint density at radius 3 is 2.29 bits per heavy atom. The van der Waals surface area contributed by atoms with Gasteiger partial charge in [0.1, 0.15) is 5.54 Å². The standard InChI is InChI=1S/C14H19NO2/c1-9-6-7-11(10(2)8-9)12-15-13(3,4)14(5,16)17-12/h6-8,16H,1-5H3. The van der Waals surface area contributed by atoms with Crippen molar-refractivity contribution in [3.05, 3.63) is 34.9 Å². The van der Waals surface area contributed by atoms with Gasteiger partial charge in [0.15, 0.2) is 0 Å². The van der Waals surface area contributed by atoms with E-state index in [1.807, 2.05) is 39.8 Å². The van der Waals surface area contributed by atoms with E-state index in [0.29, 0.717) is 5.90 Å². The van der Waals surface area contributed by atoms with Crippen LogP contribution >= 0.6 is 0 Å². The number of benzene rings is 1. The molecular formula is C14H19NO2. The number of hydrogen-bond acceptors (Lipinski definition) is 3. The number of aryl methyl sites for hydroxylation is 2. The van der Waals surface area contributed by atoms with Crippen molar-refractivity contribution in [1.82, 2.24) is 0 Å². The molecule has 3 nitrogen and oxygen atoms in total. The van der Waals surface area contributed by atoms with Gasteiger partial charge in [-0.25, -0.2) is 4.99 Å². The van der Waals surface area contributed by atoms with Crippen LogP contribution in [0.4, 0.5) is 0 Å². The number of rotatable bonds is 1. The molecule has 0 bridgehead atoms. The summed E-state index contributed by atoms with van der Waals surface area (Å²) in [7, 11) is 0. The molecule has 0 fully saturated rings. The average Bonchev–Trinajstić information content (AvgIpc) is 2.35. The molecule has 0 saturated heterocycles. The summed E-state index contributed by atoms with van der Waals surface area (Å²) < 4.78 is 5.58. The minimum absolute atomic E-state index is 0.525. The maximum atomic E-state index is 10.2. The summed E-state index contributed by atoms with van der Waals surface area (Å²) in [5.74, 6) is -0.725. The van der Waals surface area contributed by atoms with Crippen molar-refractivity contribution < 1.29 is 9.84 Å². The van der Waals surface area contributed by atoms with Crippen molar-refractivity contribution in [2.24, 2.45) is 4.99 Å². The first-order valence-electron chi connectivity index (χ1n) is 5.82. The van der Waals surface area contributed by atoms with Gasteiger partial charge < -0.3 is 9.84 Å². The molecule has 1 unspecified atom stereocenters. The predicted octanol–water partition coefficient (Wildman–Crippen LogP) is 2.57. The Labute approximate surface area is 102 Å². The average molecular weight is 233 g/mol. The van der Waals surface area contributed by atoms with Gasteiger partial charge in [0.05, 0.1) is 0 Å². The second kappa shape index (κ2) is 3.57. The minimum atomic E-state index is -1.25. The highest BCUT2D eigenvalue weighted by atomic mass is 16.6. The quantitative estimate of drug-likeness (QED) is 0.810. The summed E-state index contributed by atoms with van der Waals surface area (Å²) in [6.07, 6.45) is 0. The zero-order chi connectivity index (χ0) is 12.8. The monoisotopic (exact) mass is 233 g/mol. The number of hydrogen-bond donors (Lipinski definition) is 1. The van der Waals surface area contributed by atoms with Gasteiger partial charge in [-0.3, -0.25) is 0 Å². The van der Waals surface area contributed by atoms with Crippen LogP contribution in [0.25, 0.3) is 0 Å². The molecule has 1 aromatic carbocycles. The molecule has 1 N–H and O–H groups in total. The summed E-state index contributed by atoms with van der Waals surface area (Å²) in [6.45, 7) is 9.45. The first-order chi connectivity index (χ1) is 7.73. The van der Waals surface area contributed by atoms with Crippen LogP contribution in [0.3, 0.4) is 0 Å². The Kier molecular flexibility index (Phi) is 2.54. The van der Waals surface area contributed by atoms with Gasteiger partial charge in [0.2, 0.25) is 11.7 Å². The third-order valence-corrected chi connectivity index (χ3v) is 3.42. The van der Waals surface area contributed by atoms with Crippen LogP contribution in [0.2, 0.25) is 0 Å². The van der Waals surface area contributed by atoms with Crippen LogP contribution in [-0.4, -0.2) is 22.3 Å². The van der Waals surface area contributed by atoms with Crippen molar-refractivity contribution in [2.75, 3.05) is 0 Å². The molecule has 1 aliphatic heterocycles. The lowest BCUT2D eigenvalue weighted by Crippen LogP contribution is -2.44. The molecule has 1 aliphatic rings. The van der Waals surface area contributed by atoms with Gasteiger partial charge in [-0.2, -0.15) is 0 Å². The van der Waals surface area contributed by atoms with E-state index in [0.717, 1.165) is 11.1 Å². The van der Waals surface area contributed by atoms with E-state index in [9.17, 15) is 5.11 Å². The molecular weight excluding hydrogens is 214 g/mol. The molecule has 0 aliphatic carbocycles. The molecule has 0 radical (unpaired) electrons. The zero-order valence-electron chi connectivity index (χ0n) is 11.0. The van der Waals surface area contributed by atoms with Crippen LogP contribution in [0.15, 0.2) is 23.2 Å². The van der Waals surface area contributed by atoms with Crippen molar-refractivity contribution in [3.8, 4) is 0 Å². The Bertz CT molecular complexity index is 487. The highest BCUT2D eigenvalue weighted by molar-refractivity contribution is 5.97. The van der Waals surface area contributed by atoms with Gasteiger partial charge in [0, 0.05) is 12.5 Å². The van der Waals surface area contributed by atoms with Crippen LogP contribution < -0.4 is 0 Å². The second-order valence-corrected chi connectivity index (χ2v) is 5.38. The predicted molar refractivity (Wildman–Crippen MR) is 68.2 cm³/mol. The van der Waals surface area contributed by atoms with Crippen LogP contribution in [0.5, 0.6) is 0 Å². The normalized spacial score (nSPS) is 26.6. The fourth-order valence-corrected chi connectivity index (χ4v) is 1.86. The third kappa shape index (κ3) is 1.95. The lowest BCUT2D eigenvalue weighted by atomic mass is 9.97. The van der Waals surface area contributed by atoms with Gasteiger partial charge in [-0.1, -0.05) is 17.7 Å². The smallest absolute Gasteiger partial charge is 0.232 e. The van der Waals surface area contributed by atoms with Crippen molar-refractivity contribution in [1.29, 1.82) is 0 Å². The van der Waals surface area contributed by atoms with Gasteiger partial charge in [0.25, 0.3) is 0 Å². The molecule has 0 saturated carbocycles. The maximum Gasteiger partial charge on any atom is 0.232 e. The van der Waals surface area contributed by atoms with Crippen LogP contribution in [0.1, 0.15) is 37.5 Å². The Balaban J connectivity index is 2.44. The second-order valence-electron chi connectivity index (χ2n) is 5.38. The molecule has 2 rings (SSSR count). The van der Waals surface area contributed by atoms with E-state index < -0.39 is 11.3 Å². The van der Waals surface area contributed by atoms with E-state index in [4.69, 9.17) is 4.74 Å². The van der Waals surface area contributed by atoms with Crippen molar-refractivity contribution >= 4 is 5.90 Å². The molecule has 1 heterocycles. The first-order valence-corrected chi connectivity index (χ1v) is 5.82. The Morgan fingerprint density at radius 2 is 1.82 bits per heavy atom. The van der Waals surface area contributed by atoms with Gasteiger partial charge in [-0.15, -0.1) is 0 Å². The molecule has 0 aromatic heterocycles. The SMILES string of the molecule is Cc1ccc(C2=NC(C)(C)C(C)(O)O2)c(C)c1. The minimum Gasteiger partial charge on any atom is -0.443 e. The molecule has 0 spiro atoms. The van der Waals surface area contributed by atoms with E-state index >= 15 is 0 Å². The largest absolute Gasteiger partial charge is 0.443 e. The van der Waals surface area contributed by atoms with Gasteiger partial charge >= 0.3 is 0 Å². The van der Waals surface area contributed by atoms with E-state index in [1.54, 1.807) is 6.92 Å². The van der Waals surface area contributed by atoms with E-state index in [1.165, 1.54) is 5.56 Å². The van der Waals surface area contributed by atoms with Crippen LogP contribution in [0, 0.1) is 13.8 Å². The first kappa shape index (κ1) is 12.1. The number of ether oxygens (including phenoxy) is 1. The lowest BCUT2D eigenvalue weighted by molar-refractivity contribution is -0.154. The Hall–Kier alpha value is -1.35. The maximum absolute atomic E-state index is 10.2. The summed E-state index contributed by atoms with van der Waals surface area (Å²) in [4.78, 5) is 4.48. The number of nitrogens with zero attached hydrogens (tertiary/aromatic N) is 1. The molecule has 1 aromatic rings.